The lowest BCUT2D eigenvalue weighted by Crippen LogP contribution is -2.78. The Morgan fingerprint density at radius 1 is 1.28 bits per heavy atom. The molecule has 4 nitrogen and oxygen atoms in total. The Morgan fingerprint density at radius 3 is 2.56 bits per heavy atom. The van der Waals surface area contributed by atoms with Crippen molar-refractivity contribution in [1.82, 2.24) is 5.32 Å². The van der Waals surface area contributed by atoms with E-state index in [4.69, 9.17) is 4.74 Å². The fourth-order valence-electron chi connectivity index (χ4n) is 2.57. The molecule has 0 aliphatic heterocycles. The van der Waals surface area contributed by atoms with Gasteiger partial charge in [0.2, 0.25) is 0 Å². The van der Waals surface area contributed by atoms with Crippen LogP contribution < -0.4 is 10.6 Å². The summed E-state index contributed by atoms with van der Waals surface area (Å²) in [6.07, 6.45) is 5.50. The van der Waals surface area contributed by atoms with Gasteiger partial charge in [-0.05, 0) is 46.0 Å². The first-order chi connectivity index (χ1) is 8.01. The standard InChI is InChI=1S/C14H30N2O.H2O/c1-14(2,3)17-11-16-10-13-7-5-6-12(8-13)9-15-4;/h12-13,16H,4-11,15H2,1-3H3;1H2. The minimum absolute atomic E-state index is 0. The maximum Gasteiger partial charge on any atom is 0.0972 e. The molecule has 1 aliphatic rings. The maximum absolute atomic E-state index is 5.67. The fourth-order valence-corrected chi connectivity index (χ4v) is 2.57. The van der Waals surface area contributed by atoms with E-state index < -0.39 is 0 Å². The number of ether oxygens (including phenoxy) is 1. The molecule has 0 aromatic heterocycles. The van der Waals surface area contributed by atoms with Gasteiger partial charge in [-0.25, -0.2) is 0 Å². The molecule has 4 heteroatoms. The molecule has 0 bridgehead atoms. The molecule has 0 saturated heterocycles. The molecule has 1 rings (SSSR count). The van der Waals surface area contributed by atoms with Crippen LogP contribution in [0.15, 0.2) is 0 Å². The second-order valence-electron chi connectivity index (χ2n) is 6.28. The summed E-state index contributed by atoms with van der Waals surface area (Å²) in [4.78, 5) is 0. The third kappa shape index (κ3) is 8.03. The van der Waals surface area contributed by atoms with Gasteiger partial charge in [0.1, 0.15) is 0 Å². The van der Waals surface area contributed by atoms with Crippen molar-refractivity contribution in [3.63, 3.8) is 0 Å². The van der Waals surface area contributed by atoms with Crippen LogP contribution in [0.3, 0.4) is 0 Å². The maximum atomic E-state index is 5.67. The Morgan fingerprint density at radius 2 is 1.94 bits per heavy atom. The van der Waals surface area contributed by atoms with E-state index >= 15 is 0 Å². The summed E-state index contributed by atoms with van der Waals surface area (Å²) in [5.74, 6) is 1.70. The van der Waals surface area contributed by atoms with Gasteiger partial charge in [-0.15, -0.1) is 0 Å². The third-order valence-corrected chi connectivity index (χ3v) is 3.43. The smallest absolute Gasteiger partial charge is 0.0972 e. The first kappa shape index (κ1) is 17.8. The third-order valence-electron chi connectivity index (χ3n) is 3.43. The zero-order valence-electron chi connectivity index (χ0n) is 12.3. The molecule has 0 radical (unpaired) electrons. The molecule has 0 amide bonds. The van der Waals surface area contributed by atoms with Crippen molar-refractivity contribution in [3.05, 3.63) is 7.05 Å². The number of rotatable bonds is 6. The van der Waals surface area contributed by atoms with Crippen molar-refractivity contribution < 1.29 is 15.5 Å². The van der Waals surface area contributed by atoms with Gasteiger partial charge in [0, 0.05) is 12.5 Å². The van der Waals surface area contributed by atoms with Crippen LogP contribution in [-0.2, 0) is 4.74 Å². The van der Waals surface area contributed by atoms with E-state index in [9.17, 15) is 0 Å². The van der Waals surface area contributed by atoms with E-state index in [-0.39, 0.29) is 11.1 Å². The van der Waals surface area contributed by atoms with Gasteiger partial charge in [-0.3, -0.25) is 5.32 Å². The second kappa shape index (κ2) is 8.86. The largest absolute Gasteiger partial charge is 0.479 e. The number of hydrogen-bond donors (Lipinski definition) is 2. The SMILES string of the molecule is O.[CH2-][NH2+]CC1CCCC(CNCOC(C)(C)C)C1. The molecule has 1 aliphatic carbocycles. The van der Waals surface area contributed by atoms with Crippen molar-refractivity contribution in [2.75, 3.05) is 19.8 Å². The number of quaternary nitrogens is 1. The lowest BCUT2D eigenvalue weighted by atomic mass is 9.81. The molecule has 5 N–H and O–H groups in total. The summed E-state index contributed by atoms with van der Waals surface area (Å²) in [7, 11) is 3.85. The quantitative estimate of drug-likeness (QED) is 0.419. The molecular formula is C14H32N2O2. The van der Waals surface area contributed by atoms with Gasteiger partial charge in [0.15, 0.2) is 0 Å². The van der Waals surface area contributed by atoms with Crippen LogP contribution in [0, 0.1) is 18.9 Å². The van der Waals surface area contributed by atoms with Crippen molar-refractivity contribution >= 4 is 0 Å². The second-order valence-corrected chi connectivity index (χ2v) is 6.28. The average Bonchev–Trinajstić information content (AvgIpc) is 2.24. The van der Waals surface area contributed by atoms with E-state index in [1.807, 2.05) is 0 Å². The molecule has 2 atom stereocenters. The normalized spacial score (nSPS) is 24.7. The van der Waals surface area contributed by atoms with Crippen LogP contribution in [0.25, 0.3) is 0 Å². The number of nitrogens with two attached hydrogens (primary N) is 1. The van der Waals surface area contributed by atoms with Gasteiger partial charge in [0.25, 0.3) is 0 Å². The van der Waals surface area contributed by atoms with Crippen molar-refractivity contribution in [2.24, 2.45) is 11.8 Å². The van der Waals surface area contributed by atoms with Crippen LogP contribution in [0.2, 0.25) is 0 Å². The Kier molecular flexibility index (Phi) is 8.78. The molecule has 18 heavy (non-hydrogen) atoms. The fraction of sp³-hybridized carbons (Fsp3) is 0.929. The topological polar surface area (TPSA) is 69.4 Å². The summed E-state index contributed by atoms with van der Waals surface area (Å²) < 4.78 is 5.67. The molecule has 0 heterocycles. The molecule has 0 aromatic rings. The lowest BCUT2D eigenvalue weighted by molar-refractivity contribution is -0.602. The Hall–Kier alpha value is -0.160. The number of nitrogens with one attached hydrogen (secondary N) is 1. The van der Waals surface area contributed by atoms with Crippen LogP contribution in [-0.4, -0.2) is 30.9 Å². The van der Waals surface area contributed by atoms with E-state index in [2.05, 4.69) is 38.5 Å². The molecular weight excluding hydrogens is 228 g/mol. The predicted octanol–water partition coefficient (Wildman–Crippen LogP) is 0.685. The monoisotopic (exact) mass is 260 g/mol. The molecule has 110 valence electrons. The summed E-state index contributed by atoms with van der Waals surface area (Å²) in [5, 5.41) is 5.50. The highest BCUT2D eigenvalue weighted by Crippen LogP contribution is 2.27. The van der Waals surface area contributed by atoms with Gasteiger partial charge in [0.05, 0.1) is 18.9 Å². The van der Waals surface area contributed by atoms with Crippen molar-refractivity contribution in [2.45, 2.75) is 52.1 Å². The summed E-state index contributed by atoms with van der Waals surface area (Å²) in [6, 6.07) is 0. The molecule has 2 unspecified atom stereocenters. The highest BCUT2D eigenvalue weighted by atomic mass is 16.5. The number of hydrogen-bond acceptors (Lipinski definition) is 2. The van der Waals surface area contributed by atoms with E-state index in [0.29, 0.717) is 6.73 Å². The Labute approximate surface area is 112 Å². The summed E-state index contributed by atoms with van der Waals surface area (Å²) in [5.41, 5.74) is -0.0368. The minimum atomic E-state index is -0.0368. The van der Waals surface area contributed by atoms with Gasteiger partial charge < -0.3 is 15.5 Å². The molecule has 1 fully saturated rings. The van der Waals surface area contributed by atoms with Gasteiger partial charge in [-0.2, -0.15) is 7.05 Å². The zero-order valence-corrected chi connectivity index (χ0v) is 12.3. The van der Waals surface area contributed by atoms with Crippen LogP contribution in [0.1, 0.15) is 46.5 Å². The first-order valence-corrected chi connectivity index (χ1v) is 6.97. The highest BCUT2D eigenvalue weighted by Gasteiger charge is 2.22. The molecule has 1 saturated carbocycles. The first-order valence-electron chi connectivity index (χ1n) is 6.97. The van der Waals surface area contributed by atoms with E-state index in [1.54, 1.807) is 0 Å². The van der Waals surface area contributed by atoms with Crippen LogP contribution >= 0.6 is 0 Å². The summed E-state index contributed by atoms with van der Waals surface area (Å²) in [6.45, 7) is 9.24. The summed E-state index contributed by atoms with van der Waals surface area (Å²) >= 11 is 0. The molecule has 0 aromatic carbocycles. The van der Waals surface area contributed by atoms with Gasteiger partial charge >= 0.3 is 0 Å². The van der Waals surface area contributed by atoms with E-state index in [1.165, 1.54) is 32.2 Å². The predicted molar refractivity (Wildman–Crippen MR) is 74.9 cm³/mol. The average molecular weight is 260 g/mol. The highest BCUT2D eigenvalue weighted by molar-refractivity contribution is 4.73. The minimum Gasteiger partial charge on any atom is -0.479 e. The Balaban J connectivity index is 0.00000289. The van der Waals surface area contributed by atoms with Crippen molar-refractivity contribution in [3.8, 4) is 0 Å². The lowest BCUT2D eigenvalue weighted by Gasteiger charge is -2.29. The van der Waals surface area contributed by atoms with E-state index in [0.717, 1.165) is 18.4 Å². The van der Waals surface area contributed by atoms with Gasteiger partial charge in [-0.1, -0.05) is 6.42 Å². The van der Waals surface area contributed by atoms with Crippen LogP contribution in [0.5, 0.6) is 0 Å². The molecule has 0 spiro atoms. The zero-order chi connectivity index (χ0) is 12.7. The van der Waals surface area contributed by atoms with Crippen molar-refractivity contribution in [1.29, 1.82) is 0 Å². The van der Waals surface area contributed by atoms with Crippen LogP contribution in [0.4, 0.5) is 0 Å². The Bertz CT molecular complexity index is 202.